The number of hydrogen-bond acceptors (Lipinski definition) is 1. The Kier molecular flexibility index (Phi) is 5.48. The van der Waals surface area contributed by atoms with Crippen LogP contribution in [0.3, 0.4) is 0 Å². The first-order valence-electron chi connectivity index (χ1n) is 12.8. The maximum absolute atomic E-state index is 13.6. The van der Waals surface area contributed by atoms with Gasteiger partial charge in [-0.1, -0.05) is 50.6 Å². The zero-order valence-electron chi connectivity index (χ0n) is 19.4. The van der Waals surface area contributed by atoms with Crippen LogP contribution in [-0.4, -0.2) is 17.9 Å². The van der Waals surface area contributed by atoms with Crippen LogP contribution in [0.4, 0.5) is 0 Å². The summed E-state index contributed by atoms with van der Waals surface area (Å²) in [6.07, 6.45) is 12.4. The number of rotatable bonds is 3. The highest BCUT2D eigenvalue weighted by Gasteiger charge is 2.58. The first-order valence-corrected chi connectivity index (χ1v) is 12.8. The molecule has 0 saturated heterocycles. The van der Waals surface area contributed by atoms with Crippen molar-refractivity contribution in [2.45, 2.75) is 78.2 Å². The Morgan fingerprint density at radius 1 is 0.967 bits per heavy atom. The van der Waals surface area contributed by atoms with Gasteiger partial charge in [-0.3, -0.25) is 4.79 Å². The molecule has 8 unspecified atom stereocenters. The number of carbonyl (C=O) groups is 1. The monoisotopic (exact) mass is 407 g/mol. The molecule has 0 radical (unpaired) electrons. The second-order valence-electron chi connectivity index (χ2n) is 11.7. The Bertz CT molecular complexity index is 759. The predicted octanol–water partition coefficient (Wildman–Crippen LogP) is 6.55. The van der Waals surface area contributed by atoms with Crippen LogP contribution in [0.25, 0.3) is 0 Å². The van der Waals surface area contributed by atoms with Crippen LogP contribution in [0.15, 0.2) is 30.3 Å². The van der Waals surface area contributed by atoms with Gasteiger partial charge in [0.25, 0.3) is 0 Å². The van der Waals surface area contributed by atoms with Gasteiger partial charge in [0.1, 0.15) is 0 Å². The van der Waals surface area contributed by atoms with E-state index in [1.807, 2.05) is 18.0 Å². The molecule has 4 aliphatic carbocycles. The lowest BCUT2D eigenvalue weighted by atomic mass is 9.49. The van der Waals surface area contributed by atoms with Gasteiger partial charge in [-0.25, -0.2) is 0 Å². The van der Waals surface area contributed by atoms with Crippen LogP contribution < -0.4 is 0 Å². The van der Waals surface area contributed by atoms with E-state index in [0.29, 0.717) is 5.91 Å². The molecule has 0 heterocycles. The molecule has 1 aromatic rings. The zero-order chi connectivity index (χ0) is 20.9. The van der Waals surface area contributed by atoms with Crippen LogP contribution in [0.2, 0.25) is 0 Å². The summed E-state index contributed by atoms with van der Waals surface area (Å²) in [5, 5.41) is 0. The minimum atomic E-state index is 0.234. The third-order valence-electron chi connectivity index (χ3n) is 10.2. The second kappa shape index (κ2) is 7.99. The van der Waals surface area contributed by atoms with Crippen molar-refractivity contribution in [3.63, 3.8) is 0 Å². The van der Waals surface area contributed by atoms with E-state index in [9.17, 15) is 4.79 Å². The van der Waals surface area contributed by atoms with E-state index >= 15 is 0 Å². The number of fused-ring (bicyclic) bond motifs is 5. The average Bonchev–Trinajstić information content (AvgIpc) is 3.10. The number of carbonyl (C=O) groups excluding carboxylic acids is 1. The third-order valence-corrected chi connectivity index (χ3v) is 10.2. The van der Waals surface area contributed by atoms with Gasteiger partial charge in [0.05, 0.1) is 0 Å². The van der Waals surface area contributed by atoms with Crippen molar-refractivity contribution in [1.29, 1.82) is 0 Å². The van der Waals surface area contributed by atoms with Crippen LogP contribution >= 0.6 is 0 Å². The molecule has 0 aromatic heterocycles. The molecule has 5 rings (SSSR count). The molecule has 1 aromatic carbocycles. The van der Waals surface area contributed by atoms with Gasteiger partial charge >= 0.3 is 0 Å². The summed E-state index contributed by atoms with van der Waals surface area (Å²) in [7, 11) is 2.02. The van der Waals surface area contributed by atoms with Crippen LogP contribution in [-0.2, 0) is 11.3 Å². The molecule has 1 amide bonds. The van der Waals surface area contributed by atoms with Gasteiger partial charge < -0.3 is 4.90 Å². The maximum Gasteiger partial charge on any atom is 0.226 e. The molecule has 8 atom stereocenters. The largest absolute Gasteiger partial charge is 0.341 e. The van der Waals surface area contributed by atoms with Crippen molar-refractivity contribution < 1.29 is 4.79 Å². The fourth-order valence-electron chi connectivity index (χ4n) is 8.69. The van der Waals surface area contributed by atoms with E-state index in [4.69, 9.17) is 0 Å². The first-order chi connectivity index (χ1) is 14.5. The Morgan fingerprint density at radius 3 is 2.53 bits per heavy atom. The Hall–Kier alpha value is -1.31. The highest BCUT2D eigenvalue weighted by molar-refractivity contribution is 5.80. The fourth-order valence-corrected chi connectivity index (χ4v) is 8.69. The molecule has 0 N–H and O–H groups in total. The Labute approximate surface area is 183 Å². The lowest BCUT2D eigenvalue weighted by Crippen LogP contribution is -2.50. The van der Waals surface area contributed by atoms with Gasteiger partial charge in [0, 0.05) is 19.5 Å². The Balaban J connectivity index is 1.30. The lowest BCUT2D eigenvalue weighted by molar-refractivity contribution is -0.142. The molecule has 0 spiro atoms. The van der Waals surface area contributed by atoms with Gasteiger partial charge in [-0.2, -0.15) is 0 Å². The summed E-state index contributed by atoms with van der Waals surface area (Å²) in [5.41, 5.74) is 1.47. The smallest absolute Gasteiger partial charge is 0.226 e. The van der Waals surface area contributed by atoms with E-state index in [0.717, 1.165) is 48.5 Å². The number of benzene rings is 1. The van der Waals surface area contributed by atoms with E-state index in [1.54, 1.807) is 0 Å². The standard InChI is InChI=1S/C28H41NO/c1-19-9-11-22-21(17-19)10-12-24-23(22)15-16-28(2)25(24)13-14-26(28)27(30)29(3)18-20-7-5-4-6-8-20/h4-8,19,21-26H,9-18H2,1-3H3. The van der Waals surface area contributed by atoms with Crippen LogP contribution in [0.5, 0.6) is 0 Å². The van der Waals surface area contributed by atoms with Crippen molar-refractivity contribution in [1.82, 2.24) is 4.90 Å². The quantitative estimate of drug-likeness (QED) is 0.556. The van der Waals surface area contributed by atoms with Gasteiger partial charge in [-0.05, 0) is 97.9 Å². The van der Waals surface area contributed by atoms with E-state index < -0.39 is 0 Å². The van der Waals surface area contributed by atoms with E-state index in [-0.39, 0.29) is 11.3 Å². The highest BCUT2D eigenvalue weighted by atomic mass is 16.2. The summed E-state index contributed by atoms with van der Waals surface area (Å²) in [4.78, 5) is 15.6. The predicted molar refractivity (Wildman–Crippen MR) is 123 cm³/mol. The Morgan fingerprint density at radius 2 is 1.73 bits per heavy atom. The third kappa shape index (κ3) is 3.43. The molecule has 0 bridgehead atoms. The average molecular weight is 408 g/mol. The highest BCUT2D eigenvalue weighted by Crippen LogP contribution is 2.64. The lowest BCUT2D eigenvalue weighted by Gasteiger charge is -2.56. The molecule has 4 aliphatic rings. The van der Waals surface area contributed by atoms with Crippen molar-refractivity contribution >= 4 is 5.91 Å². The molecule has 4 fully saturated rings. The molecule has 2 heteroatoms. The minimum absolute atomic E-state index is 0.234. The normalized spacial score (nSPS) is 42.7. The first kappa shape index (κ1) is 20.6. The van der Waals surface area contributed by atoms with Crippen molar-refractivity contribution in [3.8, 4) is 0 Å². The second-order valence-corrected chi connectivity index (χ2v) is 11.7. The number of hydrogen-bond donors (Lipinski definition) is 0. The van der Waals surface area contributed by atoms with E-state index in [1.165, 1.54) is 56.9 Å². The van der Waals surface area contributed by atoms with Crippen molar-refractivity contribution in [3.05, 3.63) is 35.9 Å². The minimum Gasteiger partial charge on any atom is -0.341 e. The van der Waals surface area contributed by atoms with E-state index in [2.05, 4.69) is 38.1 Å². The fraction of sp³-hybridized carbons (Fsp3) is 0.750. The number of amides is 1. The molecule has 2 nitrogen and oxygen atoms in total. The number of nitrogens with zero attached hydrogens (tertiary/aromatic N) is 1. The van der Waals surface area contributed by atoms with Gasteiger partial charge in [0.15, 0.2) is 0 Å². The summed E-state index contributed by atoms with van der Waals surface area (Å²) >= 11 is 0. The molecule has 0 aliphatic heterocycles. The maximum atomic E-state index is 13.6. The van der Waals surface area contributed by atoms with Crippen LogP contribution in [0, 0.1) is 46.8 Å². The van der Waals surface area contributed by atoms with Crippen molar-refractivity contribution in [2.24, 2.45) is 46.8 Å². The molecule has 30 heavy (non-hydrogen) atoms. The summed E-state index contributed by atoms with van der Waals surface area (Å²) < 4.78 is 0. The van der Waals surface area contributed by atoms with Gasteiger partial charge in [0.2, 0.25) is 5.91 Å². The molecule has 164 valence electrons. The SMILES string of the molecule is CC1CCC2C(CCC3C2CCC2(C)C(C(=O)N(C)Cc4ccccc4)CCC32)C1. The van der Waals surface area contributed by atoms with Crippen LogP contribution in [0.1, 0.15) is 77.2 Å². The summed E-state index contributed by atoms with van der Waals surface area (Å²) in [5.74, 6) is 6.25. The van der Waals surface area contributed by atoms with Gasteiger partial charge in [-0.15, -0.1) is 0 Å². The van der Waals surface area contributed by atoms with Crippen molar-refractivity contribution in [2.75, 3.05) is 7.05 Å². The molecule has 4 saturated carbocycles. The molecular weight excluding hydrogens is 366 g/mol. The zero-order valence-corrected chi connectivity index (χ0v) is 19.4. The summed E-state index contributed by atoms with van der Waals surface area (Å²) in [6, 6.07) is 10.5. The topological polar surface area (TPSA) is 20.3 Å². The molecular formula is C28H41NO. The summed E-state index contributed by atoms with van der Waals surface area (Å²) in [6.45, 7) is 5.71.